The molecule has 0 heterocycles. The first-order valence-electron chi connectivity index (χ1n) is 8.33. The number of anilines is 1. The molecule has 1 rings (SSSR count). The molecule has 0 saturated heterocycles. The predicted molar refractivity (Wildman–Crippen MR) is 95.0 cm³/mol. The van der Waals surface area contributed by atoms with Crippen LogP contribution in [0.15, 0.2) is 24.3 Å². The fourth-order valence-corrected chi connectivity index (χ4v) is 4.97. The Balaban J connectivity index is 2.47. The number of Topliss-reactive ketones (excluding diaryl/α,β-unsaturated/α-hetero) is 1. The fraction of sp³-hybridized carbons (Fsp3) is 0.588. The average Bonchev–Trinajstić information content (AvgIpc) is 2.53. The summed E-state index contributed by atoms with van der Waals surface area (Å²) in [5.74, 6) is 0.0810. The van der Waals surface area contributed by atoms with E-state index in [1.807, 2.05) is 45.0 Å². The van der Waals surface area contributed by atoms with Crippen LogP contribution < -0.4 is 5.32 Å². The highest BCUT2D eigenvalue weighted by Crippen LogP contribution is 2.18. The molecule has 5 nitrogen and oxygen atoms in total. The fourth-order valence-electron chi connectivity index (χ4n) is 2.36. The van der Waals surface area contributed by atoms with Crippen LogP contribution in [0.3, 0.4) is 0 Å². The number of nitrogens with one attached hydrogen (secondary N) is 1. The molecule has 0 spiro atoms. The summed E-state index contributed by atoms with van der Waals surface area (Å²) in [6, 6.07) is 8.32. The van der Waals surface area contributed by atoms with Crippen molar-refractivity contribution in [3.63, 3.8) is 0 Å². The molecule has 0 atom stereocenters. The van der Waals surface area contributed by atoms with Crippen LogP contribution in [0.1, 0.15) is 44.5 Å². The largest absolute Gasteiger partial charge is 0.500 e. The van der Waals surface area contributed by atoms with Crippen LogP contribution >= 0.6 is 0 Å². The summed E-state index contributed by atoms with van der Waals surface area (Å²) in [6.07, 6.45) is 0.903. The molecule has 6 heteroatoms. The lowest BCUT2D eigenvalue weighted by Gasteiger charge is -2.28. The summed E-state index contributed by atoms with van der Waals surface area (Å²) < 4.78 is 17.5. The van der Waals surface area contributed by atoms with Gasteiger partial charge in [-0.25, -0.2) is 0 Å². The maximum atomic E-state index is 11.3. The Morgan fingerprint density at radius 1 is 1.00 bits per heavy atom. The summed E-state index contributed by atoms with van der Waals surface area (Å²) >= 11 is 0. The molecule has 23 heavy (non-hydrogen) atoms. The lowest BCUT2D eigenvalue weighted by Crippen LogP contribution is -2.46. The molecule has 0 aliphatic carbocycles. The summed E-state index contributed by atoms with van der Waals surface area (Å²) in [4.78, 5) is 11.3. The van der Waals surface area contributed by atoms with E-state index in [1.54, 1.807) is 6.92 Å². The van der Waals surface area contributed by atoms with Crippen molar-refractivity contribution >= 4 is 20.3 Å². The third-order valence-electron chi connectivity index (χ3n) is 3.37. The van der Waals surface area contributed by atoms with Crippen molar-refractivity contribution in [1.29, 1.82) is 0 Å². The van der Waals surface area contributed by atoms with E-state index in [-0.39, 0.29) is 5.78 Å². The molecule has 0 unspecified atom stereocenters. The summed E-state index contributed by atoms with van der Waals surface area (Å²) in [5.41, 5.74) is 1.73. The van der Waals surface area contributed by atoms with Crippen LogP contribution in [0.5, 0.6) is 0 Å². The van der Waals surface area contributed by atoms with Gasteiger partial charge in [-0.3, -0.25) is 4.79 Å². The van der Waals surface area contributed by atoms with Gasteiger partial charge in [-0.2, -0.15) is 0 Å². The van der Waals surface area contributed by atoms with Crippen LogP contribution in [0.2, 0.25) is 6.04 Å². The number of carbonyl (C=O) groups excluding carboxylic acids is 1. The van der Waals surface area contributed by atoms with Gasteiger partial charge in [0.25, 0.3) is 0 Å². The lowest BCUT2D eigenvalue weighted by atomic mass is 10.1. The molecular weight excluding hydrogens is 310 g/mol. The summed E-state index contributed by atoms with van der Waals surface area (Å²) in [7, 11) is -2.54. The van der Waals surface area contributed by atoms with Gasteiger partial charge in [-0.05, 0) is 58.4 Å². The zero-order valence-corrected chi connectivity index (χ0v) is 15.7. The van der Waals surface area contributed by atoms with E-state index in [9.17, 15) is 4.79 Å². The van der Waals surface area contributed by atoms with Crippen molar-refractivity contribution in [2.24, 2.45) is 0 Å². The standard InChI is InChI=1S/C17H29NO4Si/c1-5-20-23(21-6-2,22-7-3)14-8-13-18-17-11-9-16(10-12-17)15(4)19/h9-12,18H,5-8,13-14H2,1-4H3. The monoisotopic (exact) mass is 339 g/mol. The first-order chi connectivity index (χ1) is 11.1. The Labute approximate surface area is 140 Å². The number of benzene rings is 1. The van der Waals surface area contributed by atoms with Gasteiger partial charge in [0.05, 0.1) is 0 Å². The maximum Gasteiger partial charge on any atom is 0.500 e. The number of hydrogen-bond donors (Lipinski definition) is 1. The first-order valence-corrected chi connectivity index (χ1v) is 10.3. The van der Waals surface area contributed by atoms with Crippen molar-refractivity contribution < 1.29 is 18.1 Å². The van der Waals surface area contributed by atoms with Crippen LogP contribution in [0.4, 0.5) is 5.69 Å². The third-order valence-corrected chi connectivity index (χ3v) is 6.52. The predicted octanol–water partition coefficient (Wildman–Crippen LogP) is 3.74. The van der Waals surface area contributed by atoms with Crippen molar-refractivity contribution in [2.75, 3.05) is 31.7 Å². The minimum Gasteiger partial charge on any atom is -0.385 e. The minimum absolute atomic E-state index is 0.0810. The Hall–Kier alpha value is -1.21. The molecule has 0 fully saturated rings. The summed E-state index contributed by atoms with van der Waals surface area (Å²) in [5, 5.41) is 3.35. The van der Waals surface area contributed by atoms with E-state index in [0.29, 0.717) is 19.8 Å². The average molecular weight is 340 g/mol. The van der Waals surface area contributed by atoms with Crippen LogP contribution in [-0.4, -0.2) is 41.0 Å². The highest BCUT2D eigenvalue weighted by molar-refractivity contribution is 6.60. The van der Waals surface area contributed by atoms with Gasteiger partial charge in [0.2, 0.25) is 0 Å². The first kappa shape index (κ1) is 19.8. The molecular formula is C17H29NO4Si. The van der Waals surface area contributed by atoms with Crippen molar-refractivity contribution in [1.82, 2.24) is 0 Å². The number of rotatable bonds is 12. The molecule has 130 valence electrons. The lowest BCUT2D eigenvalue weighted by molar-refractivity contribution is 0.0710. The zero-order valence-electron chi connectivity index (χ0n) is 14.7. The van der Waals surface area contributed by atoms with E-state index in [1.165, 1.54) is 0 Å². The number of carbonyl (C=O) groups is 1. The maximum absolute atomic E-state index is 11.3. The number of ketones is 1. The second-order valence-electron chi connectivity index (χ2n) is 5.15. The summed E-state index contributed by atoms with van der Waals surface area (Å²) in [6.45, 7) is 10.1. The van der Waals surface area contributed by atoms with Gasteiger partial charge in [-0.15, -0.1) is 0 Å². The van der Waals surface area contributed by atoms with Crippen molar-refractivity contribution in [3.05, 3.63) is 29.8 Å². The highest BCUT2D eigenvalue weighted by atomic mass is 28.4. The molecule has 0 radical (unpaired) electrons. The molecule has 0 bridgehead atoms. The highest BCUT2D eigenvalue weighted by Gasteiger charge is 2.39. The van der Waals surface area contributed by atoms with Crippen LogP contribution in [-0.2, 0) is 13.3 Å². The minimum atomic E-state index is -2.54. The molecule has 0 saturated carbocycles. The molecule has 0 amide bonds. The van der Waals surface area contributed by atoms with E-state index in [0.717, 1.165) is 30.3 Å². The van der Waals surface area contributed by atoms with E-state index < -0.39 is 8.80 Å². The van der Waals surface area contributed by atoms with E-state index >= 15 is 0 Å². The zero-order chi connectivity index (χ0) is 17.1. The Morgan fingerprint density at radius 3 is 1.96 bits per heavy atom. The molecule has 0 aliphatic heterocycles. The van der Waals surface area contributed by atoms with Crippen molar-refractivity contribution in [2.45, 2.75) is 40.2 Å². The van der Waals surface area contributed by atoms with E-state index in [2.05, 4.69) is 5.32 Å². The van der Waals surface area contributed by atoms with Gasteiger partial charge in [0.1, 0.15) is 0 Å². The SMILES string of the molecule is CCO[Si](CCCNc1ccc(C(C)=O)cc1)(OCC)OCC. The van der Waals surface area contributed by atoms with Gasteiger partial charge in [-0.1, -0.05) is 0 Å². The third kappa shape index (κ3) is 6.82. The van der Waals surface area contributed by atoms with Crippen LogP contribution in [0.25, 0.3) is 0 Å². The number of hydrogen-bond acceptors (Lipinski definition) is 5. The topological polar surface area (TPSA) is 56.8 Å². The molecule has 1 aromatic rings. The molecule has 1 N–H and O–H groups in total. The smallest absolute Gasteiger partial charge is 0.385 e. The molecule has 0 aromatic heterocycles. The van der Waals surface area contributed by atoms with Gasteiger partial charge in [0.15, 0.2) is 5.78 Å². The normalized spacial score (nSPS) is 11.5. The second-order valence-corrected chi connectivity index (χ2v) is 7.88. The van der Waals surface area contributed by atoms with Crippen molar-refractivity contribution in [3.8, 4) is 0 Å². The second kappa shape index (κ2) is 10.5. The van der Waals surface area contributed by atoms with Gasteiger partial charge < -0.3 is 18.6 Å². The quantitative estimate of drug-likeness (QED) is 0.357. The molecule has 0 aliphatic rings. The molecule has 1 aromatic carbocycles. The van der Waals surface area contributed by atoms with Crippen LogP contribution in [0, 0.1) is 0 Å². The van der Waals surface area contributed by atoms with Gasteiger partial charge in [0, 0.05) is 43.7 Å². The Bertz CT molecular complexity index is 447. The van der Waals surface area contributed by atoms with Gasteiger partial charge >= 0.3 is 8.80 Å². The Morgan fingerprint density at radius 2 is 1.52 bits per heavy atom. The Kier molecular flexibility index (Phi) is 9.09. The van der Waals surface area contributed by atoms with E-state index in [4.69, 9.17) is 13.3 Å².